The number of carbonyl (C=O) groups excluding carboxylic acids is 1. The van der Waals surface area contributed by atoms with Gasteiger partial charge in [0.1, 0.15) is 5.69 Å². The maximum absolute atomic E-state index is 13.6. The molecule has 0 aliphatic carbocycles. The molecule has 2 N–H and O–H groups in total. The fraction of sp³-hybridized carbons (Fsp3) is 0.318. The van der Waals surface area contributed by atoms with Crippen molar-refractivity contribution in [2.24, 2.45) is 0 Å². The number of carbonyl (C=O) groups is 1. The smallest absolute Gasteiger partial charge is 0.389 e. The van der Waals surface area contributed by atoms with Gasteiger partial charge in [-0.3, -0.25) is 14.9 Å². The predicted molar refractivity (Wildman–Crippen MR) is 107 cm³/mol. The molecule has 1 amide bonds. The number of halogens is 3. The van der Waals surface area contributed by atoms with Crippen molar-refractivity contribution in [2.45, 2.75) is 31.0 Å². The van der Waals surface area contributed by atoms with E-state index in [1.54, 1.807) is 0 Å². The number of hydrogen-bond donors (Lipinski definition) is 2. The zero-order valence-electron chi connectivity index (χ0n) is 16.6. The van der Waals surface area contributed by atoms with Crippen molar-refractivity contribution >= 4 is 5.91 Å². The summed E-state index contributed by atoms with van der Waals surface area (Å²) < 4.78 is 40.7. The Morgan fingerprint density at radius 2 is 1.74 bits per heavy atom. The third-order valence-electron chi connectivity index (χ3n) is 5.57. The number of aliphatic hydroxyl groups is 1. The molecule has 31 heavy (non-hydrogen) atoms. The molecule has 1 aliphatic heterocycles. The molecule has 0 spiro atoms. The fourth-order valence-electron chi connectivity index (χ4n) is 3.91. The normalized spacial score (nSPS) is 16.3. The largest absolute Gasteiger partial charge is 0.433 e. The van der Waals surface area contributed by atoms with Crippen molar-refractivity contribution in [1.82, 2.24) is 20.1 Å². The summed E-state index contributed by atoms with van der Waals surface area (Å²) in [7, 11) is 0. The number of pyridine rings is 1. The third-order valence-corrected chi connectivity index (χ3v) is 5.57. The number of nitrogens with one attached hydrogen (secondary N) is 1. The van der Waals surface area contributed by atoms with Crippen LogP contribution in [0.4, 0.5) is 13.2 Å². The minimum atomic E-state index is -4.76. The van der Waals surface area contributed by atoms with Crippen LogP contribution >= 0.6 is 0 Å². The van der Waals surface area contributed by atoms with Crippen molar-refractivity contribution in [1.29, 1.82) is 0 Å². The van der Waals surface area contributed by atoms with Gasteiger partial charge in [-0.25, -0.2) is 0 Å². The lowest BCUT2D eigenvalue weighted by atomic mass is 9.85. The first kappa shape index (κ1) is 21.0. The van der Waals surface area contributed by atoms with E-state index in [1.807, 2.05) is 35.4 Å². The van der Waals surface area contributed by atoms with Crippen LogP contribution in [0, 0.1) is 0 Å². The highest BCUT2D eigenvalue weighted by Crippen LogP contribution is 2.36. The van der Waals surface area contributed by atoms with E-state index in [1.165, 1.54) is 29.4 Å². The molecule has 1 aromatic carbocycles. The molecule has 3 aromatic rings. The van der Waals surface area contributed by atoms with Crippen LogP contribution in [0.3, 0.4) is 0 Å². The van der Waals surface area contributed by atoms with E-state index in [-0.39, 0.29) is 31.6 Å². The molecule has 162 valence electrons. The molecule has 0 bridgehead atoms. The Balaban J connectivity index is 1.57. The summed E-state index contributed by atoms with van der Waals surface area (Å²) in [6.07, 6.45) is -0.925. The van der Waals surface area contributed by atoms with Crippen molar-refractivity contribution in [3.8, 4) is 11.3 Å². The van der Waals surface area contributed by atoms with E-state index in [0.717, 1.165) is 5.56 Å². The van der Waals surface area contributed by atoms with E-state index in [0.29, 0.717) is 12.0 Å². The van der Waals surface area contributed by atoms with Crippen LogP contribution in [0.5, 0.6) is 0 Å². The molecule has 0 saturated carbocycles. The lowest BCUT2D eigenvalue weighted by Gasteiger charge is -2.38. The van der Waals surface area contributed by atoms with Gasteiger partial charge in [0.15, 0.2) is 5.69 Å². The second kappa shape index (κ2) is 8.14. The van der Waals surface area contributed by atoms with Gasteiger partial charge in [0.25, 0.3) is 5.91 Å². The van der Waals surface area contributed by atoms with Gasteiger partial charge in [-0.05, 0) is 30.5 Å². The molecule has 3 heterocycles. The van der Waals surface area contributed by atoms with E-state index in [2.05, 4.69) is 10.1 Å². The number of likely N-dealkylation sites (tertiary alicyclic amines) is 1. The third kappa shape index (κ3) is 4.46. The van der Waals surface area contributed by atoms with Crippen molar-refractivity contribution in [2.75, 3.05) is 13.1 Å². The predicted octanol–water partition coefficient (Wildman–Crippen LogP) is 3.70. The average Bonchev–Trinajstić information content (AvgIpc) is 3.21. The van der Waals surface area contributed by atoms with E-state index < -0.39 is 28.9 Å². The average molecular weight is 430 g/mol. The molecule has 9 heteroatoms. The van der Waals surface area contributed by atoms with Crippen LogP contribution < -0.4 is 0 Å². The highest BCUT2D eigenvalue weighted by Gasteiger charge is 2.42. The number of rotatable bonds is 4. The van der Waals surface area contributed by atoms with Crippen molar-refractivity contribution in [3.05, 3.63) is 71.7 Å². The first-order valence-electron chi connectivity index (χ1n) is 9.88. The van der Waals surface area contributed by atoms with Gasteiger partial charge in [-0.15, -0.1) is 0 Å². The van der Waals surface area contributed by atoms with Crippen LogP contribution in [-0.2, 0) is 12.6 Å². The quantitative estimate of drug-likeness (QED) is 0.661. The number of aromatic nitrogens is 3. The molecule has 1 aliphatic rings. The maximum Gasteiger partial charge on any atom is 0.433 e. The SMILES string of the molecule is O=C(c1c(-c2ccncc2)n[nH]c1C(F)(F)F)N1CCC(O)(Cc2ccccc2)CC1. The summed E-state index contributed by atoms with van der Waals surface area (Å²) in [6.45, 7) is 0.306. The molecule has 1 saturated heterocycles. The Labute approximate surface area is 176 Å². The molecular weight excluding hydrogens is 409 g/mol. The van der Waals surface area contributed by atoms with Crippen molar-refractivity contribution in [3.63, 3.8) is 0 Å². The zero-order valence-corrected chi connectivity index (χ0v) is 16.6. The first-order chi connectivity index (χ1) is 14.8. The molecule has 6 nitrogen and oxygen atoms in total. The maximum atomic E-state index is 13.6. The van der Waals surface area contributed by atoms with Gasteiger partial charge in [-0.1, -0.05) is 30.3 Å². The molecule has 4 rings (SSSR count). The second-order valence-corrected chi connectivity index (χ2v) is 7.73. The Morgan fingerprint density at radius 1 is 1.10 bits per heavy atom. The van der Waals surface area contributed by atoms with E-state index in [4.69, 9.17) is 0 Å². The monoisotopic (exact) mass is 430 g/mol. The lowest BCUT2D eigenvalue weighted by molar-refractivity contribution is -0.141. The van der Waals surface area contributed by atoms with E-state index in [9.17, 15) is 23.1 Å². The van der Waals surface area contributed by atoms with Crippen LogP contribution in [0.2, 0.25) is 0 Å². The van der Waals surface area contributed by atoms with Gasteiger partial charge in [0.2, 0.25) is 0 Å². The Bertz CT molecular complexity index is 1040. The number of benzene rings is 1. The standard InChI is InChI=1S/C22H21F3N4O2/c23-22(24,25)19-17(18(27-28-19)16-6-10-26-11-7-16)20(30)29-12-8-21(31,9-13-29)14-15-4-2-1-3-5-15/h1-7,10-11,31H,8-9,12-14H2,(H,27,28). The van der Waals surface area contributed by atoms with Crippen LogP contribution in [0.1, 0.15) is 34.5 Å². The molecule has 0 radical (unpaired) electrons. The van der Waals surface area contributed by atoms with Crippen LogP contribution in [0.25, 0.3) is 11.3 Å². The number of piperidine rings is 1. The van der Waals surface area contributed by atoms with Gasteiger partial charge < -0.3 is 10.0 Å². The Morgan fingerprint density at radius 3 is 2.35 bits per heavy atom. The van der Waals surface area contributed by atoms with Gasteiger partial charge in [0, 0.05) is 37.5 Å². The molecular formula is C22H21F3N4O2. The number of nitrogens with zero attached hydrogens (tertiary/aromatic N) is 3. The van der Waals surface area contributed by atoms with Crippen LogP contribution in [0.15, 0.2) is 54.9 Å². The van der Waals surface area contributed by atoms with Gasteiger partial charge >= 0.3 is 6.18 Å². The summed E-state index contributed by atoms with van der Waals surface area (Å²) in [6, 6.07) is 12.5. The Kier molecular flexibility index (Phi) is 5.53. The summed E-state index contributed by atoms with van der Waals surface area (Å²) in [5.74, 6) is -0.755. The molecule has 1 fully saturated rings. The van der Waals surface area contributed by atoms with Crippen molar-refractivity contribution < 1.29 is 23.1 Å². The number of hydrogen-bond acceptors (Lipinski definition) is 4. The minimum absolute atomic E-state index is 0.0650. The number of alkyl halides is 3. The molecule has 2 aromatic heterocycles. The molecule has 0 unspecified atom stereocenters. The molecule has 0 atom stereocenters. The number of H-pyrrole nitrogens is 1. The summed E-state index contributed by atoms with van der Waals surface area (Å²) in [4.78, 5) is 18.4. The van der Waals surface area contributed by atoms with Gasteiger partial charge in [-0.2, -0.15) is 18.3 Å². The summed E-state index contributed by atoms with van der Waals surface area (Å²) in [5.41, 5.74) is -1.41. The summed E-state index contributed by atoms with van der Waals surface area (Å²) >= 11 is 0. The first-order valence-corrected chi connectivity index (χ1v) is 9.88. The second-order valence-electron chi connectivity index (χ2n) is 7.73. The summed E-state index contributed by atoms with van der Waals surface area (Å²) in [5, 5.41) is 16.7. The highest BCUT2D eigenvalue weighted by atomic mass is 19.4. The van der Waals surface area contributed by atoms with E-state index >= 15 is 0 Å². The lowest BCUT2D eigenvalue weighted by Crippen LogP contribution is -2.48. The van der Waals surface area contributed by atoms with Gasteiger partial charge in [0.05, 0.1) is 11.2 Å². The number of aromatic amines is 1. The Hall–Kier alpha value is -3.20. The topological polar surface area (TPSA) is 82.1 Å². The number of amides is 1. The minimum Gasteiger partial charge on any atom is -0.389 e. The van der Waals surface area contributed by atoms with Crippen LogP contribution in [-0.4, -0.2) is 49.8 Å². The fourth-order valence-corrected chi connectivity index (χ4v) is 3.91. The highest BCUT2D eigenvalue weighted by molar-refractivity contribution is 6.01. The zero-order chi connectivity index (χ0) is 22.1.